The molecule has 0 spiro atoms. The van der Waals surface area contributed by atoms with Crippen LogP contribution < -0.4 is 4.90 Å². The van der Waals surface area contributed by atoms with E-state index in [1.165, 1.54) is 0 Å². The van der Waals surface area contributed by atoms with Crippen molar-refractivity contribution in [2.45, 2.75) is 6.54 Å². The molecule has 0 bridgehead atoms. The Balaban J connectivity index is 1.46. The van der Waals surface area contributed by atoms with Crippen molar-refractivity contribution >= 4 is 27.7 Å². The Morgan fingerprint density at radius 3 is 2.67 bits per heavy atom. The molecule has 3 heterocycles. The van der Waals surface area contributed by atoms with Gasteiger partial charge >= 0.3 is 0 Å². The van der Waals surface area contributed by atoms with Gasteiger partial charge in [0.05, 0.1) is 13.1 Å². The number of furan rings is 1. The molecule has 128 valence electrons. The maximum Gasteiger partial charge on any atom is 0.236 e. The number of nitrogens with zero attached hydrogens (tertiary/aromatic N) is 4. The van der Waals surface area contributed by atoms with Crippen LogP contribution in [-0.2, 0) is 11.3 Å². The zero-order valence-corrected chi connectivity index (χ0v) is 15.3. The van der Waals surface area contributed by atoms with E-state index in [-0.39, 0.29) is 5.91 Å². The molecule has 0 atom stereocenters. The first-order valence-electron chi connectivity index (χ1n) is 7.98. The normalized spacial score (nSPS) is 15.5. The van der Waals surface area contributed by atoms with Crippen molar-refractivity contribution in [3.63, 3.8) is 0 Å². The molecular formula is C17H21BrN4O2. The number of rotatable bonds is 5. The predicted octanol–water partition coefficient (Wildman–Crippen LogP) is 2.22. The number of likely N-dealkylation sites (N-methyl/N-ethyl adjacent to an activating group) is 1. The van der Waals surface area contributed by atoms with Crippen molar-refractivity contribution in [1.29, 1.82) is 0 Å². The standard InChI is InChI=1S/C17H21BrN4O2/c1-20(12-14-5-6-15(18)24-14)17(23)13-21-8-10-22(11-9-21)16-4-2-3-7-19-16/h2-7H,8-13H2,1H3. The predicted molar refractivity (Wildman–Crippen MR) is 95.8 cm³/mol. The number of hydrogen-bond donors (Lipinski definition) is 0. The lowest BCUT2D eigenvalue weighted by Gasteiger charge is -2.35. The highest BCUT2D eigenvalue weighted by molar-refractivity contribution is 9.10. The Kier molecular flexibility index (Phi) is 5.52. The summed E-state index contributed by atoms with van der Waals surface area (Å²) >= 11 is 3.28. The van der Waals surface area contributed by atoms with E-state index in [4.69, 9.17) is 4.42 Å². The van der Waals surface area contributed by atoms with Crippen LogP contribution in [0.2, 0.25) is 0 Å². The fourth-order valence-corrected chi connectivity index (χ4v) is 3.09. The van der Waals surface area contributed by atoms with Crippen LogP contribution in [0.1, 0.15) is 5.76 Å². The van der Waals surface area contributed by atoms with Crippen molar-refractivity contribution in [3.8, 4) is 0 Å². The number of hydrogen-bond acceptors (Lipinski definition) is 5. The minimum atomic E-state index is 0.105. The highest BCUT2D eigenvalue weighted by atomic mass is 79.9. The lowest BCUT2D eigenvalue weighted by Crippen LogP contribution is -2.49. The minimum Gasteiger partial charge on any atom is -0.452 e. The molecule has 1 amide bonds. The minimum absolute atomic E-state index is 0.105. The molecule has 0 aliphatic carbocycles. The third-order valence-electron chi connectivity index (χ3n) is 4.15. The van der Waals surface area contributed by atoms with Gasteiger partial charge in [0.15, 0.2) is 4.67 Å². The van der Waals surface area contributed by atoms with E-state index in [9.17, 15) is 4.79 Å². The lowest BCUT2D eigenvalue weighted by molar-refractivity contribution is -0.131. The summed E-state index contributed by atoms with van der Waals surface area (Å²) in [5.41, 5.74) is 0. The smallest absolute Gasteiger partial charge is 0.236 e. The van der Waals surface area contributed by atoms with Crippen molar-refractivity contribution in [2.24, 2.45) is 0 Å². The fraction of sp³-hybridized carbons (Fsp3) is 0.412. The van der Waals surface area contributed by atoms with E-state index in [1.54, 1.807) is 4.90 Å². The average molecular weight is 393 g/mol. The van der Waals surface area contributed by atoms with Crippen LogP contribution in [0.4, 0.5) is 5.82 Å². The second kappa shape index (κ2) is 7.81. The number of aromatic nitrogens is 1. The summed E-state index contributed by atoms with van der Waals surface area (Å²) < 4.78 is 6.14. The summed E-state index contributed by atoms with van der Waals surface area (Å²) in [5, 5.41) is 0. The van der Waals surface area contributed by atoms with Crippen molar-refractivity contribution in [2.75, 3.05) is 44.7 Å². The summed E-state index contributed by atoms with van der Waals surface area (Å²) in [4.78, 5) is 22.9. The summed E-state index contributed by atoms with van der Waals surface area (Å²) in [7, 11) is 1.81. The maximum atomic E-state index is 12.4. The largest absolute Gasteiger partial charge is 0.452 e. The summed E-state index contributed by atoms with van der Waals surface area (Å²) in [6.45, 7) is 4.43. The summed E-state index contributed by atoms with van der Waals surface area (Å²) in [5.74, 6) is 1.88. The number of pyridine rings is 1. The molecule has 1 aliphatic heterocycles. The molecule has 2 aromatic rings. The Morgan fingerprint density at radius 1 is 1.25 bits per heavy atom. The van der Waals surface area contributed by atoms with Crippen molar-refractivity contribution < 1.29 is 9.21 Å². The van der Waals surface area contributed by atoms with Gasteiger partial charge in [0.2, 0.25) is 5.91 Å². The zero-order valence-electron chi connectivity index (χ0n) is 13.7. The number of amides is 1. The molecule has 0 N–H and O–H groups in total. The number of carbonyl (C=O) groups is 1. The maximum absolute atomic E-state index is 12.4. The van der Waals surface area contributed by atoms with E-state index in [0.29, 0.717) is 17.8 Å². The third kappa shape index (κ3) is 4.36. The number of piperazine rings is 1. The topological polar surface area (TPSA) is 52.8 Å². The number of halogens is 1. The lowest BCUT2D eigenvalue weighted by atomic mass is 10.3. The van der Waals surface area contributed by atoms with Crippen molar-refractivity contribution in [3.05, 3.63) is 47.0 Å². The first kappa shape index (κ1) is 17.0. The molecule has 0 saturated carbocycles. The summed E-state index contributed by atoms with van der Waals surface area (Å²) in [6.07, 6.45) is 1.81. The van der Waals surface area contributed by atoms with E-state index in [1.807, 2.05) is 43.6 Å². The van der Waals surface area contributed by atoms with E-state index >= 15 is 0 Å². The Morgan fingerprint density at radius 2 is 2.04 bits per heavy atom. The molecular weight excluding hydrogens is 372 g/mol. The average Bonchev–Trinajstić information content (AvgIpc) is 3.01. The first-order chi connectivity index (χ1) is 11.6. The van der Waals surface area contributed by atoms with Gasteiger partial charge in [-0.05, 0) is 40.2 Å². The fourth-order valence-electron chi connectivity index (χ4n) is 2.75. The van der Waals surface area contributed by atoms with E-state index in [0.717, 1.165) is 37.8 Å². The van der Waals surface area contributed by atoms with Crippen LogP contribution >= 0.6 is 15.9 Å². The van der Waals surface area contributed by atoms with Gasteiger partial charge in [-0.15, -0.1) is 0 Å². The second-order valence-corrected chi connectivity index (χ2v) is 6.69. The quantitative estimate of drug-likeness (QED) is 0.780. The molecule has 1 saturated heterocycles. The van der Waals surface area contributed by atoms with Crippen LogP contribution in [0.3, 0.4) is 0 Å². The van der Waals surface area contributed by atoms with Crippen LogP contribution in [-0.4, -0.2) is 60.5 Å². The SMILES string of the molecule is CN(Cc1ccc(Br)o1)C(=O)CN1CCN(c2ccccn2)CC1. The van der Waals surface area contributed by atoms with Gasteiger partial charge < -0.3 is 14.2 Å². The highest BCUT2D eigenvalue weighted by Crippen LogP contribution is 2.16. The Hall–Kier alpha value is -1.86. The van der Waals surface area contributed by atoms with Crippen molar-refractivity contribution in [1.82, 2.24) is 14.8 Å². The molecule has 7 heteroatoms. The molecule has 3 rings (SSSR count). The molecule has 1 fully saturated rings. The van der Waals surface area contributed by atoms with Gasteiger partial charge in [0.25, 0.3) is 0 Å². The second-order valence-electron chi connectivity index (χ2n) is 5.91. The van der Waals surface area contributed by atoms with Gasteiger partial charge in [-0.1, -0.05) is 6.07 Å². The first-order valence-corrected chi connectivity index (χ1v) is 8.77. The number of carbonyl (C=O) groups excluding carboxylic acids is 1. The van der Waals surface area contributed by atoms with Crippen LogP contribution in [0.5, 0.6) is 0 Å². The van der Waals surface area contributed by atoms with Crippen LogP contribution in [0, 0.1) is 0 Å². The Labute approximate surface area is 150 Å². The summed E-state index contributed by atoms with van der Waals surface area (Å²) in [6, 6.07) is 9.66. The van der Waals surface area contributed by atoms with Gasteiger partial charge in [0, 0.05) is 39.4 Å². The molecule has 2 aromatic heterocycles. The molecule has 0 radical (unpaired) electrons. The Bertz CT molecular complexity index is 668. The van der Waals surface area contributed by atoms with Gasteiger partial charge in [-0.25, -0.2) is 4.98 Å². The molecule has 24 heavy (non-hydrogen) atoms. The van der Waals surface area contributed by atoms with Gasteiger partial charge in [-0.2, -0.15) is 0 Å². The molecule has 0 aromatic carbocycles. The highest BCUT2D eigenvalue weighted by Gasteiger charge is 2.21. The third-order valence-corrected chi connectivity index (χ3v) is 4.58. The van der Waals surface area contributed by atoms with Gasteiger partial charge in [0.1, 0.15) is 11.6 Å². The van der Waals surface area contributed by atoms with Crippen LogP contribution in [0.25, 0.3) is 0 Å². The molecule has 0 unspecified atom stereocenters. The monoisotopic (exact) mass is 392 g/mol. The van der Waals surface area contributed by atoms with Gasteiger partial charge in [-0.3, -0.25) is 9.69 Å². The molecule has 6 nitrogen and oxygen atoms in total. The number of anilines is 1. The zero-order chi connectivity index (χ0) is 16.9. The van der Waals surface area contributed by atoms with E-state index in [2.05, 4.69) is 30.7 Å². The van der Waals surface area contributed by atoms with Crippen LogP contribution in [0.15, 0.2) is 45.6 Å². The van der Waals surface area contributed by atoms with E-state index < -0.39 is 0 Å². The molecule has 1 aliphatic rings.